The topological polar surface area (TPSA) is 66.8 Å². The maximum atomic E-state index is 11.8. The molecule has 0 aromatic carbocycles. The van der Waals surface area contributed by atoms with Crippen LogP contribution < -0.4 is 0 Å². The van der Waals surface area contributed by atoms with Crippen molar-refractivity contribution in [3.05, 3.63) is 0 Å². The molecule has 1 aliphatic heterocycles. The number of rotatable bonds is 0. The summed E-state index contributed by atoms with van der Waals surface area (Å²) in [5, 5.41) is 21.1. The summed E-state index contributed by atoms with van der Waals surface area (Å²) in [6, 6.07) is 0. The fourth-order valence-corrected chi connectivity index (χ4v) is 6.89. The van der Waals surface area contributed by atoms with Crippen molar-refractivity contribution in [3.63, 3.8) is 0 Å². The minimum atomic E-state index is -0.479. The van der Waals surface area contributed by atoms with Crippen LogP contribution in [-0.4, -0.2) is 34.0 Å². The predicted octanol–water partition coefficient (Wildman–Crippen LogP) is 2.66. The number of esters is 1. The van der Waals surface area contributed by atoms with Crippen LogP contribution in [0.5, 0.6) is 0 Å². The first-order valence-electron chi connectivity index (χ1n) is 9.41. The van der Waals surface area contributed by atoms with Gasteiger partial charge in [-0.2, -0.15) is 0 Å². The zero-order valence-electron chi connectivity index (χ0n) is 14.3. The van der Waals surface area contributed by atoms with E-state index in [-0.39, 0.29) is 17.5 Å². The van der Waals surface area contributed by atoms with E-state index < -0.39 is 11.7 Å². The van der Waals surface area contributed by atoms with Gasteiger partial charge in [0.25, 0.3) is 0 Å². The van der Waals surface area contributed by atoms with Crippen molar-refractivity contribution >= 4 is 5.97 Å². The van der Waals surface area contributed by atoms with E-state index in [9.17, 15) is 15.0 Å². The Morgan fingerprint density at radius 2 is 1.91 bits per heavy atom. The lowest BCUT2D eigenvalue weighted by atomic mass is 9.45. The van der Waals surface area contributed by atoms with Gasteiger partial charge >= 0.3 is 5.97 Å². The van der Waals surface area contributed by atoms with Gasteiger partial charge in [0.05, 0.1) is 12.2 Å². The van der Waals surface area contributed by atoms with Crippen LogP contribution in [0.3, 0.4) is 0 Å². The third-order valence-corrected chi connectivity index (χ3v) is 7.91. The Morgan fingerprint density at radius 1 is 1.13 bits per heavy atom. The summed E-state index contributed by atoms with van der Waals surface area (Å²) < 4.78 is 5.74. The lowest BCUT2D eigenvalue weighted by Gasteiger charge is -2.63. The third-order valence-electron chi connectivity index (χ3n) is 7.91. The van der Waals surface area contributed by atoms with Gasteiger partial charge in [-0.1, -0.05) is 6.92 Å². The molecular formula is C19H30O4. The predicted molar refractivity (Wildman–Crippen MR) is 85.5 cm³/mol. The highest BCUT2D eigenvalue weighted by Gasteiger charge is 2.61. The van der Waals surface area contributed by atoms with E-state index in [0.29, 0.717) is 36.5 Å². The Hall–Kier alpha value is -0.610. The number of hydrogen-bond acceptors (Lipinski definition) is 4. The number of carbonyl (C=O) groups excluding carboxylic acids is 1. The largest absolute Gasteiger partial charge is 0.459 e. The SMILES string of the molecule is C[C@]12C[C@@H](O)C3C(CC[C@H]4C[C@@H](O)CC[C@]34C)C1CCC(=O)O2. The van der Waals surface area contributed by atoms with Crippen molar-refractivity contribution in [3.8, 4) is 0 Å². The third kappa shape index (κ3) is 2.28. The monoisotopic (exact) mass is 322 g/mol. The maximum Gasteiger partial charge on any atom is 0.306 e. The van der Waals surface area contributed by atoms with Crippen molar-refractivity contribution in [1.82, 2.24) is 0 Å². The average Bonchev–Trinajstić information content (AvgIpc) is 2.46. The van der Waals surface area contributed by atoms with Gasteiger partial charge in [0, 0.05) is 18.8 Å². The summed E-state index contributed by atoms with van der Waals surface area (Å²) in [6.07, 6.45) is 6.47. The van der Waals surface area contributed by atoms with Gasteiger partial charge in [-0.25, -0.2) is 0 Å². The standard InChI is InChI=1S/C19H30O4/c1-18-8-7-12(20)9-11(18)3-4-13-14-5-6-16(22)23-19(14,2)10-15(21)17(13)18/h11-15,17,20-21H,3-10H2,1-2H3/t11-,12-,13?,14?,15+,17?,18-,19-/m0/s1. The maximum absolute atomic E-state index is 11.8. The van der Waals surface area contributed by atoms with Crippen LogP contribution in [0.4, 0.5) is 0 Å². The normalized spacial score (nSPS) is 56.1. The molecule has 2 N–H and O–H groups in total. The molecule has 0 bridgehead atoms. The number of ether oxygens (including phenoxy) is 1. The second-order valence-electron chi connectivity index (χ2n) is 9.10. The summed E-state index contributed by atoms with van der Waals surface area (Å²) in [7, 11) is 0. The van der Waals surface area contributed by atoms with Gasteiger partial charge in [-0.05, 0) is 68.6 Å². The summed E-state index contributed by atoms with van der Waals surface area (Å²) in [6.45, 7) is 4.38. The molecule has 1 heterocycles. The van der Waals surface area contributed by atoms with Crippen LogP contribution in [0.2, 0.25) is 0 Å². The van der Waals surface area contributed by atoms with E-state index in [4.69, 9.17) is 4.74 Å². The van der Waals surface area contributed by atoms with Crippen molar-refractivity contribution in [2.45, 2.75) is 83.0 Å². The summed E-state index contributed by atoms with van der Waals surface area (Å²) in [5.74, 6) is 1.56. The molecule has 8 atom stereocenters. The van der Waals surface area contributed by atoms with E-state index in [1.807, 2.05) is 6.92 Å². The molecule has 4 nitrogen and oxygen atoms in total. The summed E-state index contributed by atoms with van der Waals surface area (Å²) in [4.78, 5) is 11.8. The molecule has 130 valence electrons. The molecule has 4 rings (SSSR count). The molecule has 3 saturated carbocycles. The van der Waals surface area contributed by atoms with Crippen molar-refractivity contribution < 1.29 is 19.7 Å². The van der Waals surface area contributed by atoms with Gasteiger partial charge < -0.3 is 14.9 Å². The van der Waals surface area contributed by atoms with Gasteiger partial charge in [0.2, 0.25) is 0 Å². The Labute approximate surface area is 138 Å². The molecule has 4 aliphatic rings. The Kier molecular flexibility index (Phi) is 3.59. The molecular weight excluding hydrogens is 292 g/mol. The molecule has 0 radical (unpaired) electrons. The number of aliphatic hydroxyl groups is 2. The van der Waals surface area contributed by atoms with Crippen LogP contribution in [0.15, 0.2) is 0 Å². The Bertz CT molecular complexity index is 506. The summed E-state index contributed by atoms with van der Waals surface area (Å²) >= 11 is 0. The number of hydrogen-bond donors (Lipinski definition) is 2. The van der Waals surface area contributed by atoms with Crippen LogP contribution in [0, 0.1) is 29.1 Å². The van der Waals surface area contributed by atoms with E-state index in [1.54, 1.807) is 0 Å². The molecule has 4 heteroatoms. The zero-order valence-corrected chi connectivity index (χ0v) is 14.3. The first kappa shape index (κ1) is 15.9. The molecule has 23 heavy (non-hydrogen) atoms. The number of carbonyl (C=O) groups is 1. The Balaban J connectivity index is 1.66. The number of aliphatic hydroxyl groups excluding tert-OH is 2. The molecule has 0 aromatic heterocycles. The van der Waals surface area contributed by atoms with E-state index in [1.165, 1.54) is 0 Å². The summed E-state index contributed by atoms with van der Waals surface area (Å²) in [5.41, 5.74) is -0.350. The second kappa shape index (κ2) is 5.19. The highest BCUT2D eigenvalue weighted by Crippen LogP contribution is 2.63. The average molecular weight is 322 g/mol. The molecule has 4 fully saturated rings. The lowest BCUT2D eigenvalue weighted by molar-refractivity contribution is -0.228. The van der Waals surface area contributed by atoms with Gasteiger partial charge in [-0.15, -0.1) is 0 Å². The first-order chi connectivity index (χ1) is 10.8. The van der Waals surface area contributed by atoms with Gasteiger partial charge in [0.1, 0.15) is 5.60 Å². The zero-order chi connectivity index (χ0) is 16.4. The van der Waals surface area contributed by atoms with Gasteiger partial charge in [0.15, 0.2) is 0 Å². The van der Waals surface area contributed by atoms with E-state index in [2.05, 4.69) is 6.92 Å². The fourth-order valence-electron chi connectivity index (χ4n) is 6.89. The van der Waals surface area contributed by atoms with Crippen LogP contribution in [0.25, 0.3) is 0 Å². The minimum absolute atomic E-state index is 0.102. The molecule has 0 amide bonds. The van der Waals surface area contributed by atoms with Crippen LogP contribution >= 0.6 is 0 Å². The second-order valence-corrected chi connectivity index (χ2v) is 9.10. The highest BCUT2D eigenvalue weighted by atomic mass is 16.6. The lowest BCUT2D eigenvalue weighted by Crippen LogP contribution is -2.63. The van der Waals surface area contributed by atoms with Crippen molar-refractivity contribution in [2.75, 3.05) is 0 Å². The molecule has 0 aromatic rings. The van der Waals surface area contributed by atoms with E-state index >= 15 is 0 Å². The van der Waals surface area contributed by atoms with Gasteiger partial charge in [-0.3, -0.25) is 4.79 Å². The molecule has 1 saturated heterocycles. The van der Waals surface area contributed by atoms with Crippen molar-refractivity contribution in [2.24, 2.45) is 29.1 Å². The molecule has 3 unspecified atom stereocenters. The van der Waals surface area contributed by atoms with E-state index in [0.717, 1.165) is 38.5 Å². The minimum Gasteiger partial charge on any atom is -0.459 e. The molecule has 0 spiro atoms. The first-order valence-corrected chi connectivity index (χ1v) is 9.41. The Morgan fingerprint density at radius 3 is 2.70 bits per heavy atom. The van der Waals surface area contributed by atoms with Crippen LogP contribution in [-0.2, 0) is 9.53 Å². The highest BCUT2D eigenvalue weighted by molar-refractivity contribution is 5.71. The smallest absolute Gasteiger partial charge is 0.306 e. The quantitative estimate of drug-likeness (QED) is 0.673. The number of fused-ring (bicyclic) bond motifs is 5. The van der Waals surface area contributed by atoms with Crippen LogP contribution in [0.1, 0.15) is 65.2 Å². The molecule has 3 aliphatic carbocycles. The fraction of sp³-hybridized carbons (Fsp3) is 0.947. The van der Waals surface area contributed by atoms with Crippen molar-refractivity contribution in [1.29, 1.82) is 0 Å².